The molecule has 0 unspecified atom stereocenters. The molecule has 154 valence electrons. The number of carbonyl (C=O) groups is 2. The Morgan fingerprint density at radius 2 is 1.86 bits per heavy atom. The highest BCUT2D eigenvalue weighted by molar-refractivity contribution is 7.11. The molecule has 1 aromatic heterocycles. The number of nitrogens with zero attached hydrogens (tertiary/aromatic N) is 3. The smallest absolute Gasteiger partial charge is 0.265 e. The van der Waals surface area contributed by atoms with Crippen molar-refractivity contribution < 1.29 is 14.3 Å². The summed E-state index contributed by atoms with van der Waals surface area (Å²) in [5.41, 5.74) is 1.68. The van der Waals surface area contributed by atoms with Crippen molar-refractivity contribution in [3.05, 3.63) is 46.9 Å². The van der Waals surface area contributed by atoms with E-state index in [9.17, 15) is 9.59 Å². The molecule has 1 aromatic carbocycles. The number of piperidine rings is 2. The number of hydrogen-bond acceptors (Lipinski definition) is 5. The Balaban J connectivity index is 1.46. The first kappa shape index (κ1) is 19.9. The molecule has 7 heteroatoms. The van der Waals surface area contributed by atoms with Crippen LogP contribution < -0.4 is 4.74 Å². The second-order valence-electron chi connectivity index (χ2n) is 7.78. The minimum absolute atomic E-state index is 0.00100. The summed E-state index contributed by atoms with van der Waals surface area (Å²) in [6, 6.07) is 9.74. The summed E-state index contributed by atoms with van der Waals surface area (Å²) in [4.78, 5) is 34.3. The molecular formula is C22H27N3O3S. The molecule has 0 N–H and O–H groups in total. The molecule has 3 heterocycles. The van der Waals surface area contributed by atoms with Gasteiger partial charge in [-0.15, -0.1) is 11.3 Å². The summed E-state index contributed by atoms with van der Waals surface area (Å²) in [7, 11) is 0. The van der Waals surface area contributed by atoms with E-state index in [1.54, 1.807) is 11.7 Å². The van der Waals surface area contributed by atoms with Gasteiger partial charge in [-0.2, -0.15) is 0 Å². The van der Waals surface area contributed by atoms with Gasteiger partial charge in [0.2, 0.25) is 5.91 Å². The fourth-order valence-electron chi connectivity index (χ4n) is 4.19. The Morgan fingerprint density at radius 3 is 2.59 bits per heavy atom. The minimum Gasteiger partial charge on any atom is -0.490 e. The maximum absolute atomic E-state index is 12.9. The number of para-hydroxylation sites is 1. The van der Waals surface area contributed by atoms with Crippen molar-refractivity contribution in [3.8, 4) is 5.75 Å². The molecule has 0 aliphatic carbocycles. The lowest BCUT2D eigenvalue weighted by atomic mass is 9.90. The molecule has 2 atom stereocenters. The zero-order valence-corrected chi connectivity index (χ0v) is 17.4. The number of ether oxygens (including phenoxy) is 1. The molecule has 0 bridgehead atoms. The maximum Gasteiger partial charge on any atom is 0.265 e. The third-order valence-electron chi connectivity index (χ3n) is 5.77. The Kier molecular flexibility index (Phi) is 6.44. The summed E-state index contributed by atoms with van der Waals surface area (Å²) in [5, 5.41) is 0. The van der Waals surface area contributed by atoms with Crippen molar-refractivity contribution in [2.24, 2.45) is 5.92 Å². The van der Waals surface area contributed by atoms with Crippen molar-refractivity contribution in [2.75, 3.05) is 26.2 Å². The summed E-state index contributed by atoms with van der Waals surface area (Å²) in [6.07, 6.45) is 6.04. The Morgan fingerprint density at radius 1 is 1.07 bits per heavy atom. The van der Waals surface area contributed by atoms with E-state index in [1.807, 2.05) is 40.1 Å². The van der Waals surface area contributed by atoms with Gasteiger partial charge in [-0.05, 0) is 31.4 Å². The predicted molar refractivity (Wildman–Crippen MR) is 112 cm³/mol. The Labute approximate surface area is 175 Å². The summed E-state index contributed by atoms with van der Waals surface area (Å²) < 4.78 is 6.26. The molecule has 2 fully saturated rings. The first-order valence-corrected chi connectivity index (χ1v) is 11.3. The molecule has 2 amide bonds. The van der Waals surface area contributed by atoms with E-state index >= 15 is 0 Å². The molecule has 2 aromatic rings. The fourth-order valence-corrected chi connectivity index (χ4v) is 4.78. The van der Waals surface area contributed by atoms with Gasteiger partial charge in [0.05, 0.1) is 11.7 Å². The highest BCUT2D eigenvalue weighted by Crippen LogP contribution is 2.28. The van der Waals surface area contributed by atoms with E-state index in [-0.39, 0.29) is 23.8 Å². The molecular weight excluding hydrogens is 386 g/mol. The second-order valence-corrected chi connectivity index (χ2v) is 8.67. The Bertz CT molecular complexity index is 806. The number of hydrogen-bond donors (Lipinski definition) is 0. The number of aromatic nitrogens is 1. The summed E-state index contributed by atoms with van der Waals surface area (Å²) in [6.45, 7) is 2.86. The lowest BCUT2D eigenvalue weighted by Gasteiger charge is -2.39. The van der Waals surface area contributed by atoms with Crippen molar-refractivity contribution in [2.45, 2.75) is 38.2 Å². The van der Waals surface area contributed by atoms with E-state index in [2.05, 4.69) is 4.98 Å². The van der Waals surface area contributed by atoms with E-state index in [0.717, 1.165) is 38.1 Å². The molecule has 2 saturated heterocycles. The van der Waals surface area contributed by atoms with Crippen LogP contribution in [-0.2, 0) is 4.79 Å². The number of carbonyl (C=O) groups excluding carboxylic acids is 2. The topological polar surface area (TPSA) is 62.7 Å². The van der Waals surface area contributed by atoms with Crippen LogP contribution in [0.15, 0.2) is 42.0 Å². The van der Waals surface area contributed by atoms with Crippen LogP contribution >= 0.6 is 11.3 Å². The van der Waals surface area contributed by atoms with E-state index < -0.39 is 0 Å². The van der Waals surface area contributed by atoms with E-state index in [4.69, 9.17) is 4.74 Å². The monoisotopic (exact) mass is 413 g/mol. The fraction of sp³-hybridized carbons (Fsp3) is 0.500. The van der Waals surface area contributed by atoms with Crippen molar-refractivity contribution in [1.82, 2.24) is 14.8 Å². The molecule has 0 spiro atoms. The van der Waals surface area contributed by atoms with Crippen molar-refractivity contribution in [1.29, 1.82) is 0 Å². The maximum atomic E-state index is 12.9. The highest BCUT2D eigenvalue weighted by Gasteiger charge is 2.36. The van der Waals surface area contributed by atoms with Crippen molar-refractivity contribution >= 4 is 23.2 Å². The third kappa shape index (κ3) is 4.96. The van der Waals surface area contributed by atoms with E-state index in [0.29, 0.717) is 24.4 Å². The van der Waals surface area contributed by atoms with Crippen LogP contribution in [0.5, 0.6) is 5.75 Å². The molecule has 29 heavy (non-hydrogen) atoms. The zero-order valence-electron chi connectivity index (χ0n) is 16.5. The van der Waals surface area contributed by atoms with Crippen molar-refractivity contribution in [3.63, 3.8) is 0 Å². The quantitative estimate of drug-likeness (QED) is 0.753. The van der Waals surface area contributed by atoms with Crippen LogP contribution in [0.25, 0.3) is 0 Å². The van der Waals surface area contributed by atoms with Gasteiger partial charge in [0.15, 0.2) is 0 Å². The summed E-state index contributed by atoms with van der Waals surface area (Å²) >= 11 is 1.36. The number of thiazole rings is 1. The molecule has 4 rings (SSSR count). The standard InChI is InChI=1S/C22H27N3O3S/c26-21(24-10-5-2-6-11-24)13-17-15-25(22(27)20-14-23-16-29-20)12-9-19(17)28-18-7-3-1-4-8-18/h1,3-4,7-8,14,16-17,19H,2,5-6,9-13,15H2/t17-,19-/m0/s1. The second kappa shape index (κ2) is 9.39. The normalized spacial score (nSPS) is 22.3. The number of likely N-dealkylation sites (tertiary alicyclic amines) is 2. The molecule has 2 aliphatic heterocycles. The summed E-state index contributed by atoms with van der Waals surface area (Å²) in [5.74, 6) is 0.981. The van der Waals surface area contributed by atoms with Crippen LogP contribution in [0.1, 0.15) is 41.8 Å². The van der Waals surface area contributed by atoms with Gasteiger partial charge in [-0.25, -0.2) is 0 Å². The average Bonchev–Trinajstić information content (AvgIpc) is 3.31. The van der Waals surface area contributed by atoms with Gasteiger partial charge in [0.25, 0.3) is 5.91 Å². The lowest BCUT2D eigenvalue weighted by molar-refractivity contribution is -0.134. The van der Waals surface area contributed by atoms with Gasteiger partial charge in [0.1, 0.15) is 16.7 Å². The van der Waals surface area contributed by atoms with Gasteiger partial charge in [-0.1, -0.05) is 18.2 Å². The highest BCUT2D eigenvalue weighted by atomic mass is 32.1. The average molecular weight is 414 g/mol. The number of rotatable bonds is 5. The third-order valence-corrected chi connectivity index (χ3v) is 6.53. The molecule has 0 saturated carbocycles. The first-order valence-electron chi connectivity index (χ1n) is 10.4. The van der Waals surface area contributed by atoms with Crippen LogP contribution in [0, 0.1) is 5.92 Å². The predicted octanol–water partition coefficient (Wildman–Crippen LogP) is 3.46. The number of amides is 2. The van der Waals surface area contributed by atoms with Crippen LogP contribution in [-0.4, -0.2) is 58.9 Å². The molecule has 2 aliphatic rings. The zero-order chi connectivity index (χ0) is 20.1. The van der Waals surface area contributed by atoms with Gasteiger partial charge in [-0.3, -0.25) is 14.6 Å². The number of benzene rings is 1. The lowest BCUT2D eigenvalue weighted by Crippen LogP contribution is -2.49. The van der Waals surface area contributed by atoms with Gasteiger partial charge >= 0.3 is 0 Å². The first-order chi connectivity index (χ1) is 14.2. The SMILES string of the molecule is O=C(C[C@H]1CN(C(=O)c2cncs2)CC[C@@H]1Oc1ccccc1)N1CCCCC1. The molecule has 6 nitrogen and oxygen atoms in total. The van der Waals surface area contributed by atoms with Crippen LogP contribution in [0.4, 0.5) is 0 Å². The van der Waals surface area contributed by atoms with Crippen LogP contribution in [0.2, 0.25) is 0 Å². The van der Waals surface area contributed by atoms with E-state index in [1.165, 1.54) is 17.8 Å². The molecule has 0 radical (unpaired) electrons. The van der Waals surface area contributed by atoms with Crippen LogP contribution in [0.3, 0.4) is 0 Å². The minimum atomic E-state index is -0.0725. The van der Waals surface area contributed by atoms with Gasteiger partial charge in [0, 0.05) is 44.9 Å². The Hall–Kier alpha value is -2.41. The largest absolute Gasteiger partial charge is 0.490 e. The van der Waals surface area contributed by atoms with Gasteiger partial charge < -0.3 is 14.5 Å².